The highest BCUT2D eigenvalue weighted by Gasteiger charge is 2.58. The molecule has 1 amide bonds. The number of hydrogen-bond acceptors (Lipinski definition) is 3. The van der Waals surface area contributed by atoms with Gasteiger partial charge in [0.1, 0.15) is 0 Å². The average Bonchev–Trinajstić information content (AvgIpc) is 2.90. The summed E-state index contributed by atoms with van der Waals surface area (Å²) in [6, 6.07) is 0.539. The average molecular weight is 322 g/mol. The molecule has 1 aliphatic heterocycles. The predicted octanol–water partition coefficient (Wildman–Crippen LogP) is 3.06. The van der Waals surface area contributed by atoms with E-state index in [-0.39, 0.29) is 0 Å². The Morgan fingerprint density at radius 3 is 2.39 bits per heavy atom. The van der Waals surface area contributed by atoms with Gasteiger partial charge in [0.25, 0.3) is 0 Å². The summed E-state index contributed by atoms with van der Waals surface area (Å²) in [6.45, 7) is 5.43. The zero-order valence-electron chi connectivity index (χ0n) is 15.1. The molecule has 0 aromatic heterocycles. The minimum Gasteiger partial charge on any atom is -0.378 e. The lowest BCUT2D eigenvalue weighted by molar-refractivity contribution is -0.165. The summed E-state index contributed by atoms with van der Waals surface area (Å²) in [4.78, 5) is 17.1. The minimum absolute atomic E-state index is 0.336. The maximum atomic E-state index is 12.7. The summed E-state index contributed by atoms with van der Waals surface area (Å²) in [5.41, 5.74) is 0.337. The van der Waals surface area contributed by atoms with E-state index in [0.29, 0.717) is 30.0 Å². The molecule has 3 rings (SSSR count). The first-order valence-corrected chi connectivity index (χ1v) is 9.77. The first-order valence-electron chi connectivity index (χ1n) is 9.77. The van der Waals surface area contributed by atoms with Crippen molar-refractivity contribution >= 4 is 5.91 Å². The quantitative estimate of drug-likeness (QED) is 0.780. The summed E-state index contributed by atoms with van der Waals surface area (Å²) in [5, 5.41) is 0. The predicted molar refractivity (Wildman–Crippen MR) is 92.4 cm³/mol. The number of carbonyl (C=O) groups excluding carboxylic acids is 1. The fraction of sp³-hybridized carbons (Fsp3) is 0.947. The van der Waals surface area contributed by atoms with E-state index in [2.05, 4.69) is 23.8 Å². The third-order valence-corrected chi connectivity index (χ3v) is 6.52. The fourth-order valence-corrected chi connectivity index (χ4v) is 5.21. The van der Waals surface area contributed by atoms with Crippen molar-refractivity contribution in [1.82, 2.24) is 9.80 Å². The summed E-state index contributed by atoms with van der Waals surface area (Å²) < 4.78 is 6.01. The van der Waals surface area contributed by atoms with Crippen LogP contribution in [0.15, 0.2) is 0 Å². The van der Waals surface area contributed by atoms with Gasteiger partial charge in [0.15, 0.2) is 0 Å². The Labute approximate surface area is 141 Å². The molecule has 4 heteroatoms. The lowest BCUT2D eigenvalue weighted by atomic mass is 9.60. The Morgan fingerprint density at radius 2 is 1.78 bits per heavy atom. The summed E-state index contributed by atoms with van der Waals surface area (Å²) in [5.74, 6) is 0.336. The van der Waals surface area contributed by atoms with Crippen LogP contribution < -0.4 is 0 Å². The molecule has 3 fully saturated rings. The summed E-state index contributed by atoms with van der Waals surface area (Å²) in [6.07, 6.45) is 11.7. The van der Waals surface area contributed by atoms with Crippen molar-refractivity contribution in [3.63, 3.8) is 0 Å². The smallest absolute Gasteiger partial charge is 0.236 e. The number of amides is 1. The molecule has 1 spiro atoms. The molecule has 0 aromatic rings. The number of nitrogens with zero attached hydrogens (tertiary/aromatic N) is 2. The zero-order valence-corrected chi connectivity index (χ0v) is 15.1. The van der Waals surface area contributed by atoms with Crippen LogP contribution in [0.1, 0.15) is 64.7 Å². The first kappa shape index (κ1) is 17.2. The monoisotopic (exact) mass is 322 g/mol. The highest BCUT2D eigenvalue weighted by atomic mass is 16.5. The Kier molecular flexibility index (Phi) is 5.63. The number of hydrogen-bond donors (Lipinski definition) is 0. The van der Waals surface area contributed by atoms with Crippen LogP contribution in [0.5, 0.6) is 0 Å². The molecule has 2 atom stereocenters. The van der Waals surface area contributed by atoms with E-state index < -0.39 is 0 Å². The maximum absolute atomic E-state index is 12.7. The largest absolute Gasteiger partial charge is 0.378 e. The van der Waals surface area contributed by atoms with Gasteiger partial charge in [-0.15, -0.1) is 0 Å². The van der Waals surface area contributed by atoms with E-state index in [9.17, 15) is 4.79 Å². The molecule has 23 heavy (non-hydrogen) atoms. The molecule has 1 saturated heterocycles. The van der Waals surface area contributed by atoms with E-state index in [4.69, 9.17) is 4.74 Å². The van der Waals surface area contributed by atoms with Gasteiger partial charge in [0.05, 0.1) is 12.6 Å². The van der Waals surface area contributed by atoms with Crippen LogP contribution in [0, 0.1) is 5.41 Å². The Bertz CT molecular complexity index is 398. The van der Waals surface area contributed by atoms with Crippen LogP contribution in [-0.4, -0.2) is 61.1 Å². The number of ether oxygens (including phenoxy) is 1. The van der Waals surface area contributed by atoms with E-state index >= 15 is 0 Å². The van der Waals surface area contributed by atoms with E-state index in [0.717, 1.165) is 26.1 Å². The van der Waals surface area contributed by atoms with Gasteiger partial charge in [-0.3, -0.25) is 9.69 Å². The van der Waals surface area contributed by atoms with Gasteiger partial charge >= 0.3 is 0 Å². The van der Waals surface area contributed by atoms with Crippen molar-refractivity contribution < 1.29 is 9.53 Å². The first-order chi connectivity index (χ1) is 11.2. The standard InChI is InChI=1S/C19H34N2O2/c1-3-23-17-14-16(19(17)10-6-7-11-19)20(2)15-18(22)21-12-8-4-5-9-13-21/h16-17H,3-15H2,1-2H3/t16-,17+/m0/s1. The topological polar surface area (TPSA) is 32.8 Å². The normalized spacial score (nSPS) is 30.5. The highest BCUT2D eigenvalue weighted by molar-refractivity contribution is 5.78. The molecule has 3 aliphatic rings. The second kappa shape index (κ2) is 7.52. The van der Waals surface area contributed by atoms with E-state index in [1.807, 2.05) is 0 Å². The molecule has 2 aliphatic carbocycles. The lowest BCUT2D eigenvalue weighted by Crippen LogP contribution is -2.64. The van der Waals surface area contributed by atoms with Crippen LogP contribution in [0.2, 0.25) is 0 Å². The molecular weight excluding hydrogens is 288 g/mol. The van der Waals surface area contributed by atoms with Crippen LogP contribution in [0.4, 0.5) is 0 Å². The molecule has 132 valence electrons. The summed E-state index contributed by atoms with van der Waals surface area (Å²) in [7, 11) is 2.16. The van der Waals surface area contributed by atoms with Gasteiger partial charge < -0.3 is 9.64 Å². The Balaban J connectivity index is 1.57. The number of likely N-dealkylation sites (N-methyl/N-ethyl adjacent to an activating group) is 1. The molecule has 0 aromatic carbocycles. The van der Waals surface area contributed by atoms with Crippen molar-refractivity contribution in [1.29, 1.82) is 0 Å². The number of carbonyl (C=O) groups is 1. The second-order valence-electron chi connectivity index (χ2n) is 7.85. The number of likely N-dealkylation sites (tertiary alicyclic amines) is 1. The van der Waals surface area contributed by atoms with Crippen LogP contribution >= 0.6 is 0 Å². The van der Waals surface area contributed by atoms with Gasteiger partial charge in [0, 0.05) is 31.2 Å². The van der Waals surface area contributed by atoms with Gasteiger partial charge in [-0.1, -0.05) is 25.7 Å². The molecular formula is C19H34N2O2. The van der Waals surface area contributed by atoms with Crippen molar-refractivity contribution in [2.45, 2.75) is 76.9 Å². The minimum atomic E-state index is 0.336. The highest BCUT2D eigenvalue weighted by Crippen LogP contribution is 2.56. The van der Waals surface area contributed by atoms with Crippen molar-refractivity contribution in [2.24, 2.45) is 5.41 Å². The van der Waals surface area contributed by atoms with Gasteiger partial charge in [-0.2, -0.15) is 0 Å². The zero-order chi connectivity index (χ0) is 16.3. The van der Waals surface area contributed by atoms with Crippen LogP contribution in [-0.2, 0) is 9.53 Å². The van der Waals surface area contributed by atoms with Gasteiger partial charge in [-0.25, -0.2) is 0 Å². The van der Waals surface area contributed by atoms with Crippen LogP contribution in [0.3, 0.4) is 0 Å². The molecule has 0 unspecified atom stereocenters. The van der Waals surface area contributed by atoms with Crippen molar-refractivity contribution in [2.75, 3.05) is 33.3 Å². The molecule has 4 nitrogen and oxygen atoms in total. The molecule has 0 N–H and O–H groups in total. The molecule has 2 saturated carbocycles. The third-order valence-electron chi connectivity index (χ3n) is 6.52. The molecule has 1 heterocycles. The second-order valence-corrected chi connectivity index (χ2v) is 7.85. The Hall–Kier alpha value is -0.610. The summed E-state index contributed by atoms with van der Waals surface area (Å²) >= 11 is 0. The third kappa shape index (κ3) is 3.43. The van der Waals surface area contributed by atoms with Crippen molar-refractivity contribution in [3.8, 4) is 0 Å². The van der Waals surface area contributed by atoms with Crippen LogP contribution in [0.25, 0.3) is 0 Å². The van der Waals surface area contributed by atoms with Gasteiger partial charge in [-0.05, 0) is 46.1 Å². The molecule has 0 radical (unpaired) electrons. The SMILES string of the molecule is CCO[C@@H]1C[C@H](N(C)CC(=O)N2CCCCCC2)C12CCCC2. The maximum Gasteiger partial charge on any atom is 0.236 e. The lowest BCUT2D eigenvalue weighted by Gasteiger charge is -2.57. The Morgan fingerprint density at radius 1 is 1.13 bits per heavy atom. The van der Waals surface area contributed by atoms with E-state index in [1.54, 1.807) is 0 Å². The molecule has 0 bridgehead atoms. The number of rotatable bonds is 5. The fourth-order valence-electron chi connectivity index (χ4n) is 5.21. The van der Waals surface area contributed by atoms with Gasteiger partial charge in [0.2, 0.25) is 5.91 Å². The van der Waals surface area contributed by atoms with E-state index in [1.165, 1.54) is 51.4 Å². The van der Waals surface area contributed by atoms with Crippen molar-refractivity contribution in [3.05, 3.63) is 0 Å².